The molecular weight excluding hydrogens is 360 g/mol. The standard InChI is InChI=1S/C17H17ClN4O2S/c18-13-7-3-2-6-12(13)15-21-22-16(24-15)25-10-14(23)20-17(11-19)8-4-1-5-9-17/h2-3,6-7H,1,4-5,8-10H2,(H,20,23). The highest BCUT2D eigenvalue weighted by Gasteiger charge is 2.33. The van der Waals surface area contributed by atoms with Crippen LogP contribution >= 0.6 is 23.4 Å². The first-order valence-electron chi connectivity index (χ1n) is 8.05. The Bertz CT molecular complexity index is 796. The van der Waals surface area contributed by atoms with E-state index >= 15 is 0 Å². The van der Waals surface area contributed by atoms with Gasteiger partial charge in [-0.05, 0) is 25.0 Å². The highest BCUT2D eigenvalue weighted by atomic mass is 35.5. The molecule has 25 heavy (non-hydrogen) atoms. The maximum atomic E-state index is 12.2. The summed E-state index contributed by atoms with van der Waals surface area (Å²) >= 11 is 7.25. The first kappa shape index (κ1) is 17.8. The smallest absolute Gasteiger partial charge is 0.277 e. The fraction of sp³-hybridized carbons (Fsp3) is 0.412. The van der Waals surface area contributed by atoms with Crippen LogP contribution in [0.1, 0.15) is 32.1 Å². The SMILES string of the molecule is N#CC1(NC(=O)CSc2nnc(-c3ccccc3Cl)o2)CCCCC1. The van der Waals surface area contributed by atoms with E-state index in [0.717, 1.165) is 31.0 Å². The Balaban J connectivity index is 1.58. The van der Waals surface area contributed by atoms with Crippen LogP contribution < -0.4 is 5.32 Å². The number of hydrogen-bond donors (Lipinski definition) is 1. The topological polar surface area (TPSA) is 91.8 Å². The van der Waals surface area contributed by atoms with Crippen molar-refractivity contribution in [2.24, 2.45) is 0 Å². The fourth-order valence-corrected chi connectivity index (χ4v) is 3.64. The minimum atomic E-state index is -0.729. The van der Waals surface area contributed by atoms with Crippen molar-refractivity contribution in [2.75, 3.05) is 5.75 Å². The molecule has 130 valence electrons. The van der Waals surface area contributed by atoms with Crippen LogP contribution in [-0.4, -0.2) is 27.4 Å². The predicted octanol–water partition coefficient (Wildman–Crippen LogP) is 3.82. The second kappa shape index (κ2) is 7.89. The highest BCUT2D eigenvalue weighted by Crippen LogP contribution is 2.30. The minimum absolute atomic E-state index is 0.119. The Morgan fingerprint density at radius 1 is 1.32 bits per heavy atom. The van der Waals surface area contributed by atoms with Crippen molar-refractivity contribution in [2.45, 2.75) is 42.9 Å². The second-order valence-electron chi connectivity index (χ2n) is 5.94. The zero-order valence-electron chi connectivity index (χ0n) is 13.5. The van der Waals surface area contributed by atoms with Gasteiger partial charge in [-0.3, -0.25) is 4.79 Å². The Kier molecular flexibility index (Phi) is 5.61. The number of nitrogens with zero attached hydrogens (tertiary/aromatic N) is 3. The lowest BCUT2D eigenvalue weighted by molar-refractivity contribution is -0.120. The molecule has 1 aromatic heterocycles. The third-order valence-corrected chi connectivity index (χ3v) is 5.29. The van der Waals surface area contributed by atoms with E-state index in [9.17, 15) is 10.1 Å². The molecule has 1 aliphatic carbocycles. The Hall–Kier alpha value is -2.04. The molecule has 0 aliphatic heterocycles. The lowest BCUT2D eigenvalue weighted by Gasteiger charge is -2.31. The van der Waals surface area contributed by atoms with Gasteiger partial charge in [0.2, 0.25) is 11.8 Å². The molecule has 1 amide bonds. The number of rotatable bonds is 5. The van der Waals surface area contributed by atoms with Crippen molar-refractivity contribution >= 4 is 29.3 Å². The summed E-state index contributed by atoms with van der Waals surface area (Å²) in [7, 11) is 0. The van der Waals surface area contributed by atoms with Gasteiger partial charge in [0.25, 0.3) is 5.22 Å². The van der Waals surface area contributed by atoms with Crippen molar-refractivity contribution in [1.82, 2.24) is 15.5 Å². The van der Waals surface area contributed by atoms with Gasteiger partial charge in [-0.15, -0.1) is 10.2 Å². The third-order valence-electron chi connectivity index (χ3n) is 4.14. The summed E-state index contributed by atoms with van der Waals surface area (Å²) in [5.41, 5.74) is -0.0772. The van der Waals surface area contributed by atoms with E-state index in [-0.39, 0.29) is 11.7 Å². The van der Waals surface area contributed by atoms with Crippen LogP contribution in [0.4, 0.5) is 0 Å². The van der Waals surface area contributed by atoms with Crippen molar-refractivity contribution in [3.05, 3.63) is 29.3 Å². The number of aromatic nitrogens is 2. The normalized spacial score (nSPS) is 16.2. The molecule has 6 nitrogen and oxygen atoms in total. The molecule has 1 heterocycles. The number of carbonyl (C=O) groups excluding carboxylic acids is 1. The van der Waals surface area contributed by atoms with Gasteiger partial charge in [0, 0.05) is 0 Å². The van der Waals surface area contributed by atoms with Gasteiger partial charge < -0.3 is 9.73 Å². The number of nitriles is 1. The first-order valence-corrected chi connectivity index (χ1v) is 9.42. The van der Waals surface area contributed by atoms with Crippen molar-refractivity contribution in [3.63, 3.8) is 0 Å². The van der Waals surface area contributed by atoms with Crippen LogP contribution in [0.25, 0.3) is 11.5 Å². The maximum absolute atomic E-state index is 12.2. The summed E-state index contributed by atoms with van der Waals surface area (Å²) in [6, 6.07) is 9.45. The summed E-state index contributed by atoms with van der Waals surface area (Å²) < 4.78 is 5.55. The molecule has 1 saturated carbocycles. The van der Waals surface area contributed by atoms with E-state index in [2.05, 4.69) is 21.6 Å². The van der Waals surface area contributed by atoms with Gasteiger partial charge in [-0.2, -0.15) is 5.26 Å². The monoisotopic (exact) mass is 376 g/mol. The average molecular weight is 377 g/mol. The Morgan fingerprint density at radius 3 is 2.80 bits per heavy atom. The predicted molar refractivity (Wildman–Crippen MR) is 95.0 cm³/mol. The summed E-state index contributed by atoms with van der Waals surface area (Å²) in [5.74, 6) is 0.230. The quantitative estimate of drug-likeness (QED) is 0.797. The molecule has 0 spiro atoms. The summed E-state index contributed by atoms with van der Waals surface area (Å²) in [6.45, 7) is 0. The van der Waals surface area contributed by atoms with Gasteiger partial charge in [0.1, 0.15) is 5.54 Å². The van der Waals surface area contributed by atoms with Crippen molar-refractivity contribution in [1.29, 1.82) is 5.26 Å². The number of halogens is 1. The van der Waals surface area contributed by atoms with E-state index in [4.69, 9.17) is 16.0 Å². The van der Waals surface area contributed by atoms with Crippen LogP contribution in [0, 0.1) is 11.3 Å². The van der Waals surface area contributed by atoms with Gasteiger partial charge >= 0.3 is 0 Å². The largest absolute Gasteiger partial charge is 0.411 e. The lowest BCUT2D eigenvalue weighted by Crippen LogP contribution is -2.49. The maximum Gasteiger partial charge on any atom is 0.277 e. The third kappa shape index (κ3) is 4.33. The van der Waals surface area contributed by atoms with E-state index in [1.165, 1.54) is 0 Å². The number of amides is 1. The molecule has 1 fully saturated rings. The summed E-state index contributed by atoms with van der Waals surface area (Å²) in [6.07, 6.45) is 4.45. The second-order valence-corrected chi connectivity index (χ2v) is 7.28. The van der Waals surface area contributed by atoms with E-state index in [0.29, 0.717) is 34.5 Å². The van der Waals surface area contributed by atoms with Crippen LogP contribution in [0.15, 0.2) is 33.9 Å². The van der Waals surface area contributed by atoms with Gasteiger partial charge in [0.05, 0.1) is 22.4 Å². The first-order chi connectivity index (χ1) is 12.1. The lowest BCUT2D eigenvalue weighted by atomic mass is 9.83. The molecule has 0 unspecified atom stereocenters. The van der Waals surface area contributed by atoms with Crippen LogP contribution in [0.3, 0.4) is 0 Å². The molecule has 1 N–H and O–H groups in total. The van der Waals surface area contributed by atoms with Gasteiger partial charge in [-0.25, -0.2) is 0 Å². The van der Waals surface area contributed by atoms with Crippen LogP contribution in [0.2, 0.25) is 5.02 Å². The molecule has 0 bridgehead atoms. The minimum Gasteiger partial charge on any atom is -0.411 e. The van der Waals surface area contributed by atoms with Crippen molar-refractivity contribution in [3.8, 4) is 17.5 Å². The number of nitrogens with one attached hydrogen (secondary N) is 1. The van der Waals surface area contributed by atoms with Crippen LogP contribution in [0.5, 0.6) is 0 Å². The highest BCUT2D eigenvalue weighted by molar-refractivity contribution is 7.99. The fourth-order valence-electron chi connectivity index (χ4n) is 2.86. The van der Waals surface area contributed by atoms with Crippen molar-refractivity contribution < 1.29 is 9.21 Å². The molecule has 0 atom stereocenters. The molecule has 8 heteroatoms. The van der Waals surface area contributed by atoms with Crippen LogP contribution in [-0.2, 0) is 4.79 Å². The number of benzene rings is 1. The molecular formula is C17H17ClN4O2S. The number of thioether (sulfide) groups is 1. The molecule has 2 aromatic rings. The summed E-state index contributed by atoms with van der Waals surface area (Å²) in [5, 5.41) is 21.0. The van der Waals surface area contributed by atoms with E-state index < -0.39 is 5.54 Å². The zero-order chi connectivity index (χ0) is 17.7. The Morgan fingerprint density at radius 2 is 2.08 bits per heavy atom. The zero-order valence-corrected chi connectivity index (χ0v) is 15.1. The van der Waals surface area contributed by atoms with E-state index in [1.54, 1.807) is 12.1 Å². The number of hydrogen-bond acceptors (Lipinski definition) is 6. The molecule has 0 radical (unpaired) electrons. The average Bonchev–Trinajstić information content (AvgIpc) is 3.10. The number of carbonyl (C=O) groups is 1. The van der Waals surface area contributed by atoms with Gasteiger partial charge in [-0.1, -0.05) is 54.8 Å². The molecule has 1 aromatic carbocycles. The summed E-state index contributed by atoms with van der Waals surface area (Å²) in [4.78, 5) is 12.2. The van der Waals surface area contributed by atoms with Gasteiger partial charge in [0.15, 0.2) is 0 Å². The molecule has 1 aliphatic rings. The molecule has 3 rings (SSSR count). The van der Waals surface area contributed by atoms with E-state index in [1.807, 2.05) is 12.1 Å². The molecule has 0 saturated heterocycles. The Labute approximate surface area is 154 Å².